The maximum atomic E-state index is 12.1. The van der Waals surface area contributed by atoms with Crippen molar-refractivity contribution in [3.63, 3.8) is 0 Å². The van der Waals surface area contributed by atoms with Gasteiger partial charge in [-0.3, -0.25) is 15.0 Å². The van der Waals surface area contributed by atoms with Gasteiger partial charge in [0, 0.05) is 0 Å². The molecular formula is C14H17N3O4. The Hall–Kier alpha value is -2.12. The molecule has 2 aliphatic heterocycles. The van der Waals surface area contributed by atoms with Crippen LogP contribution >= 0.6 is 0 Å². The third kappa shape index (κ3) is 2.70. The second kappa shape index (κ2) is 5.71. The maximum Gasteiger partial charge on any atom is 0.265 e. The lowest BCUT2D eigenvalue weighted by atomic mass is 10.1. The molecule has 1 saturated heterocycles. The molecule has 0 radical (unpaired) electrons. The minimum absolute atomic E-state index is 0.0243. The number of carbonyl (C=O) groups is 2. The highest BCUT2D eigenvalue weighted by atomic mass is 16.5. The number of para-hydroxylation sites is 2. The van der Waals surface area contributed by atoms with Crippen LogP contribution < -0.4 is 20.9 Å². The van der Waals surface area contributed by atoms with Gasteiger partial charge in [0.05, 0.1) is 18.3 Å². The van der Waals surface area contributed by atoms with E-state index >= 15 is 0 Å². The minimum Gasteiger partial charge on any atom is -0.482 e. The molecule has 21 heavy (non-hydrogen) atoms. The Labute approximate surface area is 122 Å². The molecule has 2 unspecified atom stereocenters. The summed E-state index contributed by atoms with van der Waals surface area (Å²) in [6, 6.07) is 7.38. The van der Waals surface area contributed by atoms with Gasteiger partial charge in [0.25, 0.3) is 11.8 Å². The van der Waals surface area contributed by atoms with E-state index < -0.39 is 6.10 Å². The van der Waals surface area contributed by atoms with Crippen LogP contribution in [0.5, 0.6) is 5.75 Å². The number of ether oxygens (including phenoxy) is 2. The average Bonchev–Trinajstić information content (AvgIpc) is 2.98. The highest BCUT2D eigenvalue weighted by molar-refractivity contribution is 5.97. The van der Waals surface area contributed by atoms with Crippen molar-refractivity contribution in [3.05, 3.63) is 24.3 Å². The fraction of sp³-hybridized carbons (Fsp3) is 0.429. The average molecular weight is 291 g/mol. The van der Waals surface area contributed by atoms with E-state index in [4.69, 9.17) is 15.3 Å². The topological polar surface area (TPSA) is 93.9 Å². The van der Waals surface area contributed by atoms with Crippen LogP contribution in [-0.2, 0) is 14.3 Å². The van der Waals surface area contributed by atoms with Crippen molar-refractivity contribution < 1.29 is 19.1 Å². The van der Waals surface area contributed by atoms with Crippen molar-refractivity contribution in [2.75, 3.05) is 18.1 Å². The molecule has 2 heterocycles. The van der Waals surface area contributed by atoms with Crippen LogP contribution in [0.3, 0.4) is 0 Å². The van der Waals surface area contributed by atoms with Gasteiger partial charge >= 0.3 is 0 Å². The number of benzene rings is 1. The third-order valence-corrected chi connectivity index (χ3v) is 3.74. The quantitative estimate of drug-likeness (QED) is 0.462. The summed E-state index contributed by atoms with van der Waals surface area (Å²) in [7, 11) is 0. The number of fused-ring (bicyclic) bond motifs is 1. The van der Waals surface area contributed by atoms with E-state index in [1.165, 1.54) is 0 Å². The fourth-order valence-electron chi connectivity index (χ4n) is 2.68. The van der Waals surface area contributed by atoms with Gasteiger partial charge < -0.3 is 14.4 Å². The van der Waals surface area contributed by atoms with E-state index in [1.807, 2.05) is 24.3 Å². The van der Waals surface area contributed by atoms with Crippen molar-refractivity contribution in [3.8, 4) is 5.75 Å². The van der Waals surface area contributed by atoms with Crippen molar-refractivity contribution in [2.24, 2.45) is 5.84 Å². The molecule has 0 saturated carbocycles. The Kier molecular flexibility index (Phi) is 3.76. The normalized spacial score (nSPS) is 24.4. The lowest BCUT2D eigenvalue weighted by molar-refractivity contribution is -0.132. The standard InChI is InChI=1S/C14H17N3O4/c15-16-14(19)12-6-5-9(21-12)7-17-10-3-1-2-4-11(10)20-8-13(17)18/h1-4,9,12H,5-8,15H2,(H,16,19). The Morgan fingerprint density at radius 2 is 2.19 bits per heavy atom. The number of nitrogens with two attached hydrogens (primary N) is 1. The zero-order chi connectivity index (χ0) is 14.8. The molecule has 2 amide bonds. The van der Waals surface area contributed by atoms with Crippen molar-refractivity contribution in [1.29, 1.82) is 0 Å². The van der Waals surface area contributed by atoms with Gasteiger partial charge in [0.2, 0.25) is 0 Å². The second-order valence-electron chi connectivity index (χ2n) is 5.09. The van der Waals surface area contributed by atoms with Crippen molar-refractivity contribution in [2.45, 2.75) is 25.0 Å². The second-order valence-corrected chi connectivity index (χ2v) is 5.09. The van der Waals surface area contributed by atoms with Gasteiger partial charge in [0.15, 0.2) is 6.61 Å². The fourth-order valence-corrected chi connectivity index (χ4v) is 2.68. The first kappa shape index (κ1) is 13.8. The van der Waals surface area contributed by atoms with Gasteiger partial charge in [-0.25, -0.2) is 5.84 Å². The lowest BCUT2D eigenvalue weighted by Crippen LogP contribution is -2.44. The number of rotatable bonds is 3. The molecular weight excluding hydrogens is 274 g/mol. The molecule has 0 aromatic heterocycles. The Balaban J connectivity index is 1.71. The summed E-state index contributed by atoms with van der Waals surface area (Å²) in [4.78, 5) is 25.2. The number of nitrogens with one attached hydrogen (secondary N) is 1. The first-order valence-corrected chi connectivity index (χ1v) is 6.87. The van der Waals surface area contributed by atoms with Crippen molar-refractivity contribution in [1.82, 2.24) is 5.43 Å². The monoisotopic (exact) mass is 291 g/mol. The first-order chi connectivity index (χ1) is 10.2. The number of hydrazine groups is 1. The number of amides is 2. The highest BCUT2D eigenvalue weighted by Crippen LogP contribution is 2.33. The van der Waals surface area contributed by atoms with E-state index in [0.717, 1.165) is 5.69 Å². The van der Waals surface area contributed by atoms with Gasteiger partial charge in [-0.05, 0) is 25.0 Å². The SMILES string of the molecule is NNC(=O)C1CCC(CN2C(=O)COc3ccccc32)O1. The molecule has 1 aromatic carbocycles. The number of hydrogen-bond donors (Lipinski definition) is 2. The molecule has 7 heteroatoms. The molecule has 2 atom stereocenters. The molecule has 2 aliphatic rings. The number of anilines is 1. The molecule has 0 spiro atoms. The Morgan fingerprint density at radius 1 is 1.38 bits per heavy atom. The van der Waals surface area contributed by atoms with Crippen LogP contribution in [0.15, 0.2) is 24.3 Å². The molecule has 0 bridgehead atoms. The minimum atomic E-state index is -0.536. The predicted octanol–water partition coefficient (Wildman–Crippen LogP) is -0.0505. The van der Waals surface area contributed by atoms with Gasteiger partial charge in [-0.1, -0.05) is 12.1 Å². The molecule has 3 N–H and O–H groups in total. The number of carbonyl (C=O) groups excluding carboxylic acids is 2. The van der Waals surface area contributed by atoms with E-state index in [2.05, 4.69) is 5.43 Å². The summed E-state index contributed by atoms with van der Waals surface area (Å²) in [6.07, 6.45) is 0.604. The summed E-state index contributed by atoms with van der Waals surface area (Å²) in [5.74, 6) is 5.36. The maximum absolute atomic E-state index is 12.1. The molecule has 3 rings (SSSR count). The Bertz CT molecular complexity index is 563. The zero-order valence-electron chi connectivity index (χ0n) is 11.5. The van der Waals surface area contributed by atoms with E-state index in [1.54, 1.807) is 4.90 Å². The summed E-state index contributed by atoms with van der Waals surface area (Å²) < 4.78 is 11.0. The summed E-state index contributed by atoms with van der Waals surface area (Å²) >= 11 is 0. The van der Waals surface area contributed by atoms with E-state index in [9.17, 15) is 9.59 Å². The van der Waals surface area contributed by atoms with E-state index in [-0.39, 0.29) is 24.5 Å². The number of hydrogen-bond acceptors (Lipinski definition) is 5. The molecule has 1 aromatic rings. The summed E-state index contributed by atoms with van der Waals surface area (Å²) in [6.45, 7) is 0.435. The number of nitrogens with zero attached hydrogens (tertiary/aromatic N) is 1. The van der Waals surface area contributed by atoms with Gasteiger partial charge in [-0.15, -0.1) is 0 Å². The summed E-state index contributed by atoms with van der Waals surface area (Å²) in [5, 5.41) is 0. The Morgan fingerprint density at radius 3 is 3.00 bits per heavy atom. The largest absolute Gasteiger partial charge is 0.482 e. The molecule has 0 aliphatic carbocycles. The molecule has 112 valence electrons. The molecule has 1 fully saturated rings. The third-order valence-electron chi connectivity index (χ3n) is 3.74. The van der Waals surface area contributed by atoms with Crippen LogP contribution in [0.2, 0.25) is 0 Å². The first-order valence-electron chi connectivity index (χ1n) is 6.87. The van der Waals surface area contributed by atoms with Gasteiger partial charge in [0.1, 0.15) is 11.9 Å². The van der Waals surface area contributed by atoms with Crippen LogP contribution in [0.1, 0.15) is 12.8 Å². The van der Waals surface area contributed by atoms with Crippen LogP contribution in [0.25, 0.3) is 0 Å². The zero-order valence-corrected chi connectivity index (χ0v) is 11.5. The van der Waals surface area contributed by atoms with Crippen molar-refractivity contribution >= 4 is 17.5 Å². The van der Waals surface area contributed by atoms with Crippen LogP contribution in [0, 0.1) is 0 Å². The predicted molar refractivity (Wildman–Crippen MR) is 74.5 cm³/mol. The lowest BCUT2D eigenvalue weighted by Gasteiger charge is -2.31. The summed E-state index contributed by atoms with van der Waals surface area (Å²) in [5.41, 5.74) is 2.83. The highest BCUT2D eigenvalue weighted by Gasteiger charge is 2.34. The van der Waals surface area contributed by atoms with Crippen LogP contribution in [0.4, 0.5) is 5.69 Å². The molecule has 7 nitrogen and oxygen atoms in total. The van der Waals surface area contributed by atoms with Crippen LogP contribution in [-0.4, -0.2) is 37.2 Å². The van der Waals surface area contributed by atoms with Gasteiger partial charge in [-0.2, -0.15) is 0 Å². The van der Waals surface area contributed by atoms with E-state index in [0.29, 0.717) is 25.1 Å². The smallest absolute Gasteiger partial charge is 0.265 e.